The third kappa shape index (κ3) is 4.15. The Hall–Kier alpha value is -3.85. The van der Waals surface area contributed by atoms with E-state index >= 15 is 0 Å². The maximum atomic E-state index is 13.5. The second-order valence-electron chi connectivity index (χ2n) is 7.07. The molecule has 1 N–H and O–H groups in total. The van der Waals surface area contributed by atoms with Gasteiger partial charge in [-0.2, -0.15) is 0 Å². The highest BCUT2D eigenvalue weighted by Gasteiger charge is 2.32. The van der Waals surface area contributed by atoms with Crippen LogP contribution in [0.5, 0.6) is 5.75 Å². The molecule has 0 aliphatic carbocycles. The third-order valence-electron chi connectivity index (χ3n) is 5.04. The normalized spacial score (nSPS) is 13.2. The summed E-state index contributed by atoms with van der Waals surface area (Å²) < 4.78 is 33.1. The van der Waals surface area contributed by atoms with E-state index in [9.17, 15) is 18.0 Å². The fourth-order valence-electron chi connectivity index (χ4n) is 3.45. The van der Waals surface area contributed by atoms with Crippen molar-refractivity contribution in [2.75, 3.05) is 34.7 Å². The molecule has 0 saturated heterocycles. The minimum Gasteiger partial charge on any atom is -0.497 e. The lowest BCUT2D eigenvalue weighted by Crippen LogP contribution is -2.48. The summed E-state index contributed by atoms with van der Waals surface area (Å²) in [5, 5.41) is 2.72. The molecule has 32 heavy (non-hydrogen) atoms. The van der Waals surface area contributed by atoms with Gasteiger partial charge in [-0.25, -0.2) is 8.42 Å². The standard InChI is InChI=1S/C23H21N3O5S/c1-31-18-11-13-19(14-12-18)32(29,30)26(17-7-3-2-4-8-17)16-23(28)25-15-22(27)24-20-9-5-6-10-21(20)25/h2-14H,15-16H2,1H3,(H,24,27). The SMILES string of the molecule is COc1ccc(S(=O)(=O)N(CC(=O)N2CC(=O)Nc3ccccc32)c2ccccc2)cc1. The van der Waals surface area contributed by atoms with Crippen LogP contribution < -0.4 is 19.3 Å². The van der Waals surface area contributed by atoms with Crippen LogP contribution in [0.15, 0.2) is 83.8 Å². The van der Waals surface area contributed by atoms with Gasteiger partial charge in [-0.1, -0.05) is 30.3 Å². The van der Waals surface area contributed by atoms with E-state index in [1.807, 2.05) is 0 Å². The average Bonchev–Trinajstić information content (AvgIpc) is 2.82. The van der Waals surface area contributed by atoms with Crippen LogP contribution in [0.25, 0.3) is 0 Å². The van der Waals surface area contributed by atoms with Crippen molar-refractivity contribution >= 4 is 38.9 Å². The van der Waals surface area contributed by atoms with Gasteiger partial charge in [0, 0.05) is 0 Å². The van der Waals surface area contributed by atoms with Crippen molar-refractivity contribution in [1.29, 1.82) is 0 Å². The van der Waals surface area contributed by atoms with Gasteiger partial charge >= 0.3 is 0 Å². The summed E-state index contributed by atoms with van der Waals surface area (Å²) in [5.74, 6) is -0.350. The minimum absolute atomic E-state index is 0.0201. The summed E-state index contributed by atoms with van der Waals surface area (Å²) in [7, 11) is -2.58. The van der Waals surface area contributed by atoms with Gasteiger partial charge in [0.05, 0.1) is 29.1 Å². The maximum Gasteiger partial charge on any atom is 0.264 e. The molecule has 1 aliphatic heterocycles. The predicted octanol–water partition coefficient (Wildman–Crippen LogP) is 2.88. The Kier molecular flexibility index (Phi) is 5.83. The molecule has 3 aromatic carbocycles. The first-order chi connectivity index (χ1) is 15.4. The van der Waals surface area contributed by atoms with Crippen molar-refractivity contribution in [2.24, 2.45) is 0 Å². The quantitative estimate of drug-likeness (QED) is 0.622. The van der Waals surface area contributed by atoms with Crippen LogP contribution in [0, 0.1) is 0 Å². The fourth-order valence-corrected chi connectivity index (χ4v) is 4.86. The molecule has 0 unspecified atom stereocenters. The monoisotopic (exact) mass is 451 g/mol. The minimum atomic E-state index is -4.07. The molecular formula is C23H21N3O5S. The number of nitrogens with zero attached hydrogens (tertiary/aromatic N) is 2. The molecule has 0 radical (unpaired) electrons. The molecule has 0 atom stereocenters. The van der Waals surface area contributed by atoms with E-state index in [1.54, 1.807) is 66.7 Å². The number of hydrogen-bond acceptors (Lipinski definition) is 5. The van der Waals surface area contributed by atoms with Gasteiger partial charge in [0.2, 0.25) is 11.8 Å². The number of methoxy groups -OCH3 is 1. The van der Waals surface area contributed by atoms with E-state index < -0.39 is 22.5 Å². The molecule has 0 bridgehead atoms. The first-order valence-electron chi connectivity index (χ1n) is 9.81. The molecule has 9 heteroatoms. The lowest BCUT2D eigenvalue weighted by atomic mass is 10.2. The number of carbonyl (C=O) groups excluding carboxylic acids is 2. The van der Waals surface area contributed by atoms with Crippen LogP contribution in [-0.2, 0) is 19.6 Å². The smallest absolute Gasteiger partial charge is 0.264 e. The van der Waals surface area contributed by atoms with E-state index in [0.717, 1.165) is 4.31 Å². The zero-order valence-electron chi connectivity index (χ0n) is 17.3. The van der Waals surface area contributed by atoms with Gasteiger partial charge in [-0.3, -0.25) is 18.8 Å². The lowest BCUT2D eigenvalue weighted by Gasteiger charge is -2.31. The number of rotatable bonds is 6. The molecule has 0 fully saturated rings. The van der Waals surface area contributed by atoms with Crippen LogP contribution >= 0.6 is 0 Å². The van der Waals surface area contributed by atoms with Crippen molar-refractivity contribution in [2.45, 2.75) is 4.90 Å². The number of benzene rings is 3. The fraction of sp³-hybridized carbons (Fsp3) is 0.130. The number of anilines is 3. The van der Waals surface area contributed by atoms with Crippen LogP contribution in [-0.4, -0.2) is 40.4 Å². The Morgan fingerprint density at radius 1 is 1.00 bits per heavy atom. The summed E-state index contributed by atoms with van der Waals surface area (Å²) in [4.78, 5) is 26.7. The average molecular weight is 452 g/mol. The summed E-state index contributed by atoms with van der Waals surface area (Å²) in [6.45, 7) is -0.666. The first-order valence-corrected chi connectivity index (χ1v) is 11.3. The van der Waals surface area contributed by atoms with Gasteiger partial charge < -0.3 is 10.1 Å². The number of carbonyl (C=O) groups is 2. The van der Waals surface area contributed by atoms with Gasteiger partial charge in [-0.15, -0.1) is 0 Å². The third-order valence-corrected chi connectivity index (χ3v) is 6.83. The van der Waals surface area contributed by atoms with E-state index in [4.69, 9.17) is 4.74 Å². The number of sulfonamides is 1. The lowest BCUT2D eigenvalue weighted by molar-refractivity contribution is -0.121. The molecule has 8 nitrogen and oxygen atoms in total. The molecule has 0 aromatic heterocycles. The van der Waals surface area contributed by atoms with Crippen molar-refractivity contribution in [3.8, 4) is 5.75 Å². The number of nitrogens with one attached hydrogen (secondary N) is 1. The maximum absolute atomic E-state index is 13.5. The van der Waals surface area contributed by atoms with E-state index in [1.165, 1.54) is 24.1 Å². The number of ether oxygens (including phenoxy) is 1. The molecule has 3 aromatic rings. The predicted molar refractivity (Wildman–Crippen MR) is 121 cm³/mol. The Morgan fingerprint density at radius 2 is 1.66 bits per heavy atom. The molecule has 0 spiro atoms. The van der Waals surface area contributed by atoms with E-state index in [0.29, 0.717) is 22.8 Å². The Labute approximate surface area is 186 Å². The molecular weight excluding hydrogens is 430 g/mol. The second-order valence-corrected chi connectivity index (χ2v) is 8.93. The van der Waals surface area contributed by atoms with Gasteiger partial charge in [-0.05, 0) is 48.5 Å². The van der Waals surface area contributed by atoms with Gasteiger partial charge in [0.1, 0.15) is 18.8 Å². The number of hydrogen-bond donors (Lipinski definition) is 1. The summed E-state index contributed by atoms with van der Waals surface area (Å²) in [5.41, 5.74) is 1.36. The Morgan fingerprint density at radius 3 is 2.34 bits per heavy atom. The van der Waals surface area contributed by atoms with Crippen LogP contribution in [0.4, 0.5) is 17.1 Å². The number of para-hydroxylation sites is 3. The van der Waals surface area contributed by atoms with Crippen LogP contribution in [0.2, 0.25) is 0 Å². The summed E-state index contributed by atoms with van der Waals surface area (Å²) >= 11 is 0. The highest BCUT2D eigenvalue weighted by molar-refractivity contribution is 7.92. The molecule has 1 heterocycles. The Bertz CT molecular complexity index is 1240. The van der Waals surface area contributed by atoms with E-state index in [2.05, 4.69) is 5.32 Å². The molecule has 2 amide bonds. The molecule has 4 rings (SSSR count). The zero-order chi connectivity index (χ0) is 22.7. The first kappa shape index (κ1) is 21.4. The summed E-state index contributed by atoms with van der Waals surface area (Å²) in [6.07, 6.45) is 0. The number of amides is 2. The van der Waals surface area contributed by atoms with Gasteiger partial charge in [0.25, 0.3) is 10.0 Å². The summed E-state index contributed by atoms with van der Waals surface area (Å²) in [6, 6.07) is 21.2. The second kappa shape index (κ2) is 8.72. The van der Waals surface area contributed by atoms with Crippen molar-refractivity contribution in [3.63, 3.8) is 0 Å². The van der Waals surface area contributed by atoms with Gasteiger partial charge in [0.15, 0.2) is 0 Å². The molecule has 164 valence electrons. The van der Waals surface area contributed by atoms with Crippen molar-refractivity contribution < 1.29 is 22.7 Å². The highest BCUT2D eigenvalue weighted by Crippen LogP contribution is 2.30. The van der Waals surface area contributed by atoms with E-state index in [-0.39, 0.29) is 17.3 Å². The zero-order valence-corrected chi connectivity index (χ0v) is 18.1. The van der Waals surface area contributed by atoms with Crippen molar-refractivity contribution in [3.05, 3.63) is 78.9 Å². The molecule has 0 saturated carbocycles. The Balaban J connectivity index is 1.71. The highest BCUT2D eigenvalue weighted by atomic mass is 32.2. The largest absolute Gasteiger partial charge is 0.497 e. The number of fused-ring (bicyclic) bond motifs is 1. The topological polar surface area (TPSA) is 96.0 Å². The van der Waals surface area contributed by atoms with Crippen LogP contribution in [0.1, 0.15) is 0 Å². The van der Waals surface area contributed by atoms with Crippen LogP contribution in [0.3, 0.4) is 0 Å². The molecule has 1 aliphatic rings. The van der Waals surface area contributed by atoms with Crippen molar-refractivity contribution in [1.82, 2.24) is 0 Å².